The molecule has 0 aliphatic rings. The molecule has 0 saturated heterocycles. The predicted molar refractivity (Wildman–Crippen MR) is 103 cm³/mol. The van der Waals surface area contributed by atoms with Crippen LogP contribution < -0.4 is 10.6 Å². The van der Waals surface area contributed by atoms with Gasteiger partial charge in [0.15, 0.2) is 0 Å². The molecule has 27 heavy (non-hydrogen) atoms. The normalized spacial score (nSPS) is 11.1. The van der Waals surface area contributed by atoms with E-state index in [1.807, 2.05) is 18.2 Å². The number of nitrogens with one attached hydrogen (secondary N) is 1. The minimum Gasteiger partial charge on any atom is -0.364 e. The minimum atomic E-state index is -0.919. The summed E-state index contributed by atoms with van der Waals surface area (Å²) >= 11 is 0. The predicted octanol–water partition coefficient (Wildman–Crippen LogP) is 2.04. The number of H-pyrrole nitrogens is 1. The van der Waals surface area contributed by atoms with Crippen LogP contribution in [0.1, 0.15) is 29.9 Å². The van der Waals surface area contributed by atoms with Gasteiger partial charge in [0.25, 0.3) is 5.91 Å². The first kappa shape index (κ1) is 18.1. The Morgan fingerprint density at radius 1 is 1.33 bits per heavy atom. The molecule has 7 heteroatoms. The van der Waals surface area contributed by atoms with Crippen LogP contribution >= 0.6 is 0 Å². The quantitative estimate of drug-likeness (QED) is 0.679. The van der Waals surface area contributed by atoms with Gasteiger partial charge >= 0.3 is 0 Å². The van der Waals surface area contributed by atoms with Crippen molar-refractivity contribution in [1.29, 1.82) is 0 Å². The third-order valence-corrected chi connectivity index (χ3v) is 4.33. The van der Waals surface area contributed by atoms with Crippen LogP contribution in [0.25, 0.3) is 10.9 Å². The third kappa shape index (κ3) is 3.51. The Labute approximate surface area is 156 Å². The second-order valence-corrected chi connectivity index (χ2v) is 6.62. The Kier molecular flexibility index (Phi) is 4.65. The van der Waals surface area contributed by atoms with Crippen LogP contribution in [0.4, 0.5) is 5.69 Å². The van der Waals surface area contributed by atoms with E-state index >= 15 is 0 Å². The monoisotopic (exact) mass is 361 g/mol. The van der Waals surface area contributed by atoms with E-state index in [9.17, 15) is 9.59 Å². The average molecular weight is 361 g/mol. The molecule has 0 aliphatic carbocycles. The van der Waals surface area contributed by atoms with E-state index in [1.54, 1.807) is 26.1 Å². The number of rotatable bonds is 5. The first-order valence-electron chi connectivity index (χ1n) is 8.31. The summed E-state index contributed by atoms with van der Waals surface area (Å²) in [6.45, 7) is 3.52. The van der Waals surface area contributed by atoms with E-state index in [0.29, 0.717) is 5.69 Å². The van der Waals surface area contributed by atoms with Gasteiger partial charge in [0.2, 0.25) is 5.91 Å². The fourth-order valence-electron chi connectivity index (χ4n) is 2.96. The smallest absolute Gasteiger partial charge is 0.267 e. The second-order valence-electron chi connectivity index (χ2n) is 6.62. The topological polar surface area (TPSA) is 105 Å². The van der Waals surface area contributed by atoms with E-state index < -0.39 is 11.4 Å². The maximum atomic E-state index is 13.2. The lowest BCUT2D eigenvalue weighted by Crippen LogP contribution is -2.48. The molecule has 0 bridgehead atoms. The van der Waals surface area contributed by atoms with Crippen LogP contribution in [-0.4, -0.2) is 32.5 Å². The van der Waals surface area contributed by atoms with Crippen LogP contribution in [0.5, 0.6) is 0 Å². The molecule has 0 fully saturated rings. The summed E-state index contributed by atoms with van der Waals surface area (Å²) in [6, 6.07) is 8.72. The van der Waals surface area contributed by atoms with Gasteiger partial charge in [-0.1, -0.05) is 18.1 Å². The van der Waals surface area contributed by atoms with Crippen molar-refractivity contribution in [2.24, 2.45) is 5.73 Å². The van der Waals surface area contributed by atoms with Crippen LogP contribution in [0.2, 0.25) is 0 Å². The number of carbonyl (C=O) groups is 2. The van der Waals surface area contributed by atoms with Gasteiger partial charge in [-0.25, -0.2) is 0 Å². The van der Waals surface area contributed by atoms with Crippen LogP contribution in [0.15, 0.2) is 42.7 Å². The van der Waals surface area contributed by atoms with Gasteiger partial charge in [0, 0.05) is 17.3 Å². The summed E-state index contributed by atoms with van der Waals surface area (Å²) in [7, 11) is 0. The number of primary amides is 1. The molecule has 136 valence electrons. The number of amides is 2. The fourth-order valence-corrected chi connectivity index (χ4v) is 2.96. The number of hydrogen-bond donors (Lipinski definition) is 2. The van der Waals surface area contributed by atoms with Crippen molar-refractivity contribution in [3.05, 3.63) is 54.0 Å². The van der Waals surface area contributed by atoms with Gasteiger partial charge in [0.05, 0.1) is 18.1 Å². The molecule has 3 N–H and O–H groups in total. The molecule has 2 amide bonds. The third-order valence-electron chi connectivity index (χ3n) is 4.33. The van der Waals surface area contributed by atoms with Crippen molar-refractivity contribution in [2.45, 2.75) is 25.8 Å². The van der Waals surface area contributed by atoms with Gasteiger partial charge < -0.3 is 5.73 Å². The molecule has 0 unspecified atom stereocenters. The van der Waals surface area contributed by atoms with Gasteiger partial charge in [0.1, 0.15) is 11.2 Å². The molecule has 0 radical (unpaired) electrons. The van der Waals surface area contributed by atoms with E-state index in [1.165, 1.54) is 17.2 Å². The fraction of sp³-hybridized carbons (Fsp3) is 0.200. The summed E-state index contributed by atoms with van der Waals surface area (Å²) in [5, 5.41) is 7.79. The molecule has 3 aromatic rings. The highest BCUT2D eigenvalue weighted by Gasteiger charge is 2.31. The van der Waals surface area contributed by atoms with Gasteiger partial charge in [-0.15, -0.1) is 6.42 Å². The highest BCUT2D eigenvalue weighted by atomic mass is 16.2. The summed E-state index contributed by atoms with van der Waals surface area (Å²) in [5.41, 5.74) is 6.61. The Hall–Kier alpha value is -3.66. The number of hydrogen-bond acceptors (Lipinski definition) is 4. The number of nitrogens with two attached hydrogens (primary N) is 1. The number of benzene rings is 1. The molecule has 0 aliphatic heterocycles. The van der Waals surface area contributed by atoms with Crippen molar-refractivity contribution < 1.29 is 9.59 Å². The highest BCUT2D eigenvalue weighted by molar-refractivity contribution is 6.00. The van der Waals surface area contributed by atoms with Gasteiger partial charge in [-0.2, -0.15) is 5.10 Å². The largest absolute Gasteiger partial charge is 0.364 e. The van der Waals surface area contributed by atoms with Gasteiger partial charge in [-0.05, 0) is 37.6 Å². The molecule has 0 spiro atoms. The van der Waals surface area contributed by atoms with Crippen molar-refractivity contribution >= 4 is 28.4 Å². The standard InChI is InChI=1S/C20H19N5O2/c1-4-20(2,3)25(14-8-9-22-17(11-14)19(21)27)18(26)10-13-6-5-7-16-15(13)12-23-24-16/h1,5-9,11-12H,10H2,2-3H3,(H2,21,27)(H,23,24). The Morgan fingerprint density at radius 2 is 2.11 bits per heavy atom. The Balaban J connectivity index is 2.02. The molecule has 0 atom stereocenters. The maximum Gasteiger partial charge on any atom is 0.267 e. The number of aromatic nitrogens is 3. The lowest BCUT2D eigenvalue weighted by Gasteiger charge is -2.35. The zero-order chi connectivity index (χ0) is 19.6. The van der Waals surface area contributed by atoms with E-state index in [4.69, 9.17) is 12.2 Å². The van der Waals surface area contributed by atoms with Crippen molar-refractivity contribution in [3.63, 3.8) is 0 Å². The SMILES string of the molecule is C#CC(C)(C)N(C(=O)Cc1cccc2[nH]ncc12)c1ccnc(C(N)=O)c1. The average Bonchev–Trinajstić information content (AvgIpc) is 3.11. The van der Waals surface area contributed by atoms with Crippen molar-refractivity contribution in [3.8, 4) is 12.3 Å². The number of fused-ring (bicyclic) bond motifs is 1. The van der Waals surface area contributed by atoms with Crippen LogP contribution in [-0.2, 0) is 11.2 Å². The van der Waals surface area contributed by atoms with Crippen LogP contribution in [0, 0.1) is 12.3 Å². The zero-order valence-corrected chi connectivity index (χ0v) is 15.1. The zero-order valence-electron chi connectivity index (χ0n) is 15.1. The molecule has 0 saturated carbocycles. The first-order chi connectivity index (χ1) is 12.8. The Morgan fingerprint density at radius 3 is 2.81 bits per heavy atom. The molecular weight excluding hydrogens is 342 g/mol. The molecule has 2 aromatic heterocycles. The Bertz CT molecular complexity index is 1060. The highest BCUT2D eigenvalue weighted by Crippen LogP contribution is 2.26. The van der Waals surface area contributed by atoms with E-state index in [0.717, 1.165) is 16.5 Å². The first-order valence-corrected chi connectivity index (χ1v) is 8.31. The molecule has 2 heterocycles. The molecule has 3 rings (SSSR count). The van der Waals surface area contributed by atoms with Crippen LogP contribution in [0.3, 0.4) is 0 Å². The molecule has 1 aromatic carbocycles. The number of terminal acetylenes is 1. The van der Waals surface area contributed by atoms with E-state index in [2.05, 4.69) is 21.1 Å². The number of carbonyl (C=O) groups excluding carboxylic acids is 2. The number of anilines is 1. The van der Waals surface area contributed by atoms with Gasteiger partial charge in [-0.3, -0.25) is 24.6 Å². The number of aromatic amines is 1. The summed E-state index contributed by atoms with van der Waals surface area (Å²) < 4.78 is 0. The number of nitrogens with zero attached hydrogens (tertiary/aromatic N) is 3. The maximum absolute atomic E-state index is 13.2. The summed E-state index contributed by atoms with van der Waals surface area (Å²) in [6.07, 6.45) is 8.92. The van der Waals surface area contributed by atoms with Crippen molar-refractivity contribution in [1.82, 2.24) is 15.2 Å². The van der Waals surface area contributed by atoms with E-state index in [-0.39, 0.29) is 18.0 Å². The number of pyridine rings is 1. The lowest BCUT2D eigenvalue weighted by atomic mass is 10.00. The van der Waals surface area contributed by atoms with Crippen molar-refractivity contribution in [2.75, 3.05) is 4.90 Å². The summed E-state index contributed by atoms with van der Waals surface area (Å²) in [4.78, 5) is 30.1. The molecule has 7 nitrogen and oxygen atoms in total. The summed E-state index contributed by atoms with van der Waals surface area (Å²) in [5.74, 6) is 1.75. The minimum absolute atomic E-state index is 0.0649. The molecular formula is C20H19N5O2. The second kappa shape index (κ2) is 6.92. The lowest BCUT2D eigenvalue weighted by molar-refractivity contribution is -0.118.